The van der Waals surface area contributed by atoms with Crippen LogP contribution >= 0.6 is 11.6 Å². The molecule has 0 aliphatic heterocycles. The molecule has 0 aliphatic carbocycles. The van der Waals surface area contributed by atoms with E-state index >= 15 is 0 Å². The summed E-state index contributed by atoms with van der Waals surface area (Å²) in [6, 6.07) is 9.08. The second-order valence-corrected chi connectivity index (χ2v) is 7.59. The fraction of sp³-hybridized carbons (Fsp3) is 0.0455. The highest BCUT2D eigenvalue weighted by atomic mass is 35.5. The first-order chi connectivity index (χ1) is 15.7. The van der Waals surface area contributed by atoms with E-state index in [1.165, 1.54) is 18.2 Å². The molecule has 0 unspecified atom stereocenters. The molecular weight excluding hydrogens is 455 g/mol. The fourth-order valence-electron chi connectivity index (χ4n) is 3.53. The highest BCUT2D eigenvalue weighted by Gasteiger charge is 2.19. The molecule has 0 saturated heterocycles. The van der Waals surface area contributed by atoms with Crippen molar-refractivity contribution in [2.24, 2.45) is 10.9 Å². The minimum atomic E-state index is -1.17. The van der Waals surface area contributed by atoms with Gasteiger partial charge in [-0.15, -0.1) is 0 Å². The lowest BCUT2D eigenvalue weighted by molar-refractivity contribution is -0.136. The number of halogens is 2. The molecule has 0 aliphatic rings. The number of amidine groups is 1. The number of aromatic nitrogens is 2. The van der Waals surface area contributed by atoms with Gasteiger partial charge in [0.05, 0.1) is 28.2 Å². The van der Waals surface area contributed by atoms with Crippen LogP contribution in [-0.4, -0.2) is 42.3 Å². The fourth-order valence-corrected chi connectivity index (χ4v) is 3.78. The van der Waals surface area contributed by atoms with Crippen molar-refractivity contribution in [2.45, 2.75) is 6.42 Å². The number of aromatic amines is 1. The number of pyridine rings is 1. The molecule has 2 aromatic carbocycles. The zero-order valence-corrected chi connectivity index (χ0v) is 17.4. The van der Waals surface area contributed by atoms with Crippen molar-refractivity contribution in [2.75, 3.05) is 0 Å². The van der Waals surface area contributed by atoms with Crippen molar-refractivity contribution in [3.05, 3.63) is 64.6 Å². The number of hydrogen-bond acceptors (Lipinski definition) is 6. The molecular formula is C22H16ClFN4O5. The molecule has 4 rings (SSSR count). The number of oxime groups is 1. The number of H-pyrrole nitrogens is 1. The van der Waals surface area contributed by atoms with Gasteiger partial charge in [0.1, 0.15) is 23.0 Å². The molecule has 2 heterocycles. The van der Waals surface area contributed by atoms with Crippen LogP contribution in [0.3, 0.4) is 0 Å². The molecule has 0 atom stereocenters. The Morgan fingerprint density at radius 2 is 1.85 bits per heavy atom. The SMILES string of the molecule is NC(=NO)c1nc2cc(-c3cc(-c4cc(F)ccc4O)c(CC(=O)O)cc3O)[nH]c2cc1Cl. The van der Waals surface area contributed by atoms with Crippen LogP contribution in [0.4, 0.5) is 4.39 Å². The van der Waals surface area contributed by atoms with E-state index in [-0.39, 0.29) is 50.3 Å². The van der Waals surface area contributed by atoms with Gasteiger partial charge in [-0.2, -0.15) is 0 Å². The van der Waals surface area contributed by atoms with Gasteiger partial charge in [-0.1, -0.05) is 16.8 Å². The summed E-state index contributed by atoms with van der Waals surface area (Å²) < 4.78 is 13.9. The van der Waals surface area contributed by atoms with Gasteiger partial charge in [-0.25, -0.2) is 9.37 Å². The van der Waals surface area contributed by atoms with Crippen molar-refractivity contribution in [3.63, 3.8) is 0 Å². The van der Waals surface area contributed by atoms with Gasteiger partial charge in [-0.3, -0.25) is 4.79 Å². The number of nitrogens with zero attached hydrogens (tertiary/aromatic N) is 2. The Kier molecular flexibility index (Phi) is 5.52. The van der Waals surface area contributed by atoms with E-state index in [0.29, 0.717) is 16.7 Å². The number of nitrogens with two attached hydrogens (primary N) is 1. The number of carbonyl (C=O) groups is 1. The van der Waals surface area contributed by atoms with Crippen molar-refractivity contribution in [1.29, 1.82) is 0 Å². The maximum absolute atomic E-state index is 13.9. The number of fused-ring (bicyclic) bond motifs is 1. The highest BCUT2D eigenvalue weighted by Crippen LogP contribution is 2.40. The molecule has 11 heteroatoms. The van der Waals surface area contributed by atoms with Crippen LogP contribution in [-0.2, 0) is 11.2 Å². The van der Waals surface area contributed by atoms with Crippen molar-refractivity contribution in [3.8, 4) is 33.9 Å². The number of carboxylic acids is 1. The molecule has 4 aromatic rings. The lowest BCUT2D eigenvalue weighted by atomic mass is 9.93. The molecule has 33 heavy (non-hydrogen) atoms. The first-order valence-corrected chi connectivity index (χ1v) is 9.79. The van der Waals surface area contributed by atoms with Crippen LogP contribution in [0.1, 0.15) is 11.3 Å². The Bertz CT molecular complexity index is 1450. The third-order valence-corrected chi connectivity index (χ3v) is 5.30. The number of aliphatic carboxylic acids is 1. The van der Waals surface area contributed by atoms with Gasteiger partial charge in [0.2, 0.25) is 0 Å². The predicted molar refractivity (Wildman–Crippen MR) is 119 cm³/mol. The van der Waals surface area contributed by atoms with Crippen LogP contribution in [0.2, 0.25) is 5.02 Å². The van der Waals surface area contributed by atoms with Gasteiger partial charge in [0, 0.05) is 11.1 Å². The number of phenolic OH excluding ortho intramolecular Hbond substituents is 2. The zero-order chi connectivity index (χ0) is 23.9. The zero-order valence-electron chi connectivity index (χ0n) is 16.7. The van der Waals surface area contributed by atoms with E-state index < -0.39 is 18.2 Å². The third kappa shape index (κ3) is 4.11. The van der Waals surface area contributed by atoms with Crippen molar-refractivity contribution >= 4 is 34.4 Å². The minimum absolute atomic E-state index is 0.0589. The maximum Gasteiger partial charge on any atom is 0.307 e. The molecule has 0 spiro atoms. The Balaban J connectivity index is 1.93. The summed E-state index contributed by atoms with van der Waals surface area (Å²) in [4.78, 5) is 18.6. The molecule has 168 valence electrons. The van der Waals surface area contributed by atoms with Crippen LogP contribution in [0.25, 0.3) is 33.4 Å². The standard InChI is InChI=1S/C22H16ClFN4O5/c23-14-7-16-17(27-21(14)22(25)28-33)8-15(26-16)13-6-11(9(3-19(13)30)4-20(31)32)12-5-10(24)1-2-18(12)29/h1-3,5-8,26,29-30,33H,4H2,(H2,25,28)(H,31,32). The molecule has 7 N–H and O–H groups in total. The molecule has 2 aromatic heterocycles. The molecule has 9 nitrogen and oxygen atoms in total. The van der Waals surface area contributed by atoms with Crippen molar-refractivity contribution in [1.82, 2.24) is 9.97 Å². The number of nitrogens with one attached hydrogen (secondary N) is 1. The number of aromatic hydroxyl groups is 2. The lowest BCUT2D eigenvalue weighted by Crippen LogP contribution is -2.15. The summed E-state index contributed by atoms with van der Waals surface area (Å²) in [6.07, 6.45) is -0.466. The van der Waals surface area contributed by atoms with Crippen LogP contribution in [0, 0.1) is 5.82 Å². The van der Waals surface area contributed by atoms with Gasteiger partial charge in [0.25, 0.3) is 0 Å². The molecule has 0 radical (unpaired) electrons. The predicted octanol–water partition coefficient (Wildman–Crippen LogP) is 3.82. The highest BCUT2D eigenvalue weighted by molar-refractivity contribution is 6.34. The van der Waals surface area contributed by atoms with Crippen LogP contribution in [0.5, 0.6) is 11.5 Å². The first kappa shape index (κ1) is 21.9. The average Bonchev–Trinajstić information content (AvgIpc) is 3.16. The van der Waals surface area contributed by atoms with Gasteiger partial charge in [0.15, 0.2) is 5.84 Å². The quantitative estimate of drug-likeness (QED) is 0.112. The normalized spacial score (nSPS) is 11.8. The van der Waals surface area contributed by atoms with E-state index in [1.54, 1.807) is 6.07 Å². The third-order valence-electron chi connectivity index (χ3n) is 5.01. The second-order valence-electron chi connectivity index (χ2n) is 7.18. The van der Waals surface area contributed by atoms with E-state index in [2.05, 4.69) is 15.1 Å². The first-order valence-electron chi connectivity index (χ1n) is 9.42. The second kappa shape index (κ2) is 8.32. The van der Waals surface area contributed by atoms with Gasteiger partial charge >= 0.3 is 5.97 Å². The molecule has 0 saturated carbocycles. The minimum Gasteiger partial charge on any atom is -0.507 e. The summed E-state index contributed by atoms with van der Waals surface area (Å²) in [6.45, 7) is 0. The lowest BCUT2D eigenvalue weighted by Gasteiger charge is -2.14. The number of phenols is 2. The number of hydrogen-bond donors (Lipinski definition) is 6. The summed E-state index contributed by atoms with van der Waals surface area (Å²) >= 11 is 6.15. The summed E-state index contributed by atoms with van der Waals surface area (Å²) in [5.74, 6) is -2.58. The Hall–Kier alpha value is -4.31. The number of benzene rings is 2. The van der Waals surface area contributed by atoms with E-state index in [4.69, 9.17) is 22.5 Å². The van der Waals surface area contributed by atoms with E-state index in [1.807, 2.05) is 0 Å². The summed E-state index contributed by atoms with van der Waals surface area (Å²) in [7, 11) is 0. The number of carboxylic acid groups (broad SMARTS) is 1. The molecule has 0 fully saturated rings. The Morgan fingerprint density at radius 3 is 2.55 bits per heavy atom. The topological polar surface area (TPSA) is 165 Å². The van der Waals surface area contributed by atoms with E-state index in [0.717, 1.165) is 18.2 Å². The van der Waals surface area contributed by atoms with E-state index in [9.17, 15) is 24.5 Å². The van der Waals surface area contributed by atoms with Crippen molar-refractivity contribution < 1.29 is 29.7 Å². The number of rotatable bonds is 5. The summed E-state index contributed by atoms with van der Waals surface area (Å²) in [5.41, 5.74) is 7.61. The average molecular weight is 471 g/mol. The Morgan fingerprint density at radius 1 is 1.09 bits per heavy atom. The van der Waals surface area contributed by atoms with Crippen LogP contribution in [0.15, 0.2) is 47.6 Å². The molecule has 0 bridgehead atoms. The summed E-state index contributed by atoms with van der Waals surface area (Å²) in [5, 5.41) is 42.1. The monoisotopic (exact) mass is 470 g/mol. The largest absolute Gasteiger partial charge is 0.507 e. The maximum atomic E-state index is 13.9. The Labute approximate surface area is 190 Å². The van der Waals surface area contributed by atoms with Gasteiger partial charge in [-0.05, 0) is 53.6 Å². The smallest absolute Gasteiger partial charge is 0.307 e. The van der Waals surface area contributed by atoms with Crippen LogP contribution < -0.4 is 5.73 Å². The molecule has 0 amide bonds. The van der Waals surface area contributed by atoms with Gasteiger partial charge < -0.3 is 31.2 Å².